The van der Waals surface area contributed by atoms with Crippen LogP contribution in [0, 0.1) is 0 Å². The van der Waals surface area contributed by atoms with Gasteiger partial charge in [0, 0.05) is 11.6 Å². The van der Waals surface area contributed by atoms with E-state index in [2.05, 4.69) is 6.07 Å². The third kappa shape index (κ3) is 2.43. The molecule has 0 atom stereocenters. The number of benzene rings is 2. The predicted octanol–water partition coefficient (Wildman–Crippen LogP) is 3.54. The Morgan fingerprint density at radius 3 is 2.56 bits per heavy atom. The van der Waals surface area contributed by atoms with Crippen molar-refractivity contribution < 1.29 is 5.11 Å². The highest BCUT2D eigenvalue weighted by Gasteiger charge is 2.04. The summed E-state index contributed by atoms with van der Waals surface area (Å²) < 4.78 is 0. The minimum absolute atomic E-state index is 0.164. The maximum Gasteiger partial charge on any atom is 0.0471 e. The molecule has 2 aromatic rings. The fourth-order valence-corrected chi connectivity index (χ4v) is 1.99. The normalized spacial score (nSPS) is 10.4. The molecule has 0 saturated heterocycles. The predicted molar refractivity (Wildman–Crippen MR) is 67.7 cm³/mol. The van der Waals surface area contributed by atoms with Gasteiger partial charge in [-0.15, -0.1) is 0 Å². The van der Waals surface area contributed by atoms with Crippen molar-refractivity contribution in [2.24, 2.45) is 0 Å². The minimum atomic E-state index is 0.164. The summed E-state index contributed by atoms with van der Waals surface area (Å²) in [6.45, 7) is 0.164. The van der Waals surface area contributed by atoms with Crippen LogP contribution in [0.15, 0.2) is 48.5 Å². The summed E-state index contributed by atoms with van der Waals surface area (Å²) >= 11 is 5.97. The van der Waals surface area contributed by atoms with E-state index in [1.54, 1.807) is 0 Å². The van der Waals surface area contributed by atoms with Crippen LogP contribution >= 0.6 is 11.6 Å². The van der Waals surface area contributed by atoms with Gasteiger partial charge in [-0.1, -0.05) is 48.0 Å². The van der Waals surface area contributed by atoms with Crippen molar-refractivity contribution in [3.8, 4) is 11.1 Å². The Morgan fingerprint density at radius 2 is 1.81 bits per heavy atom. The molecule has 0 aliphatic heterocycles. The van der Waals surface area contributed by atoms with E-state index in [-0.39, 0.29) is 6.61 Å². The van der Waals surface area contributed by atoms with E-state index in [0.29, 0.717) is 6.42 Å². The molecule has 2 rings (SSSR count). The summed E-state index contributed by atoms with van der Waals surface area (Å²) in [6.07, 6.45) is 0.669. The summed E-state index contributed by atoms with van der Waals surface area (Å²) in [5.74, 6) is 0. The molecular weight excluding hydrogens is 220 g/mol. The number of hydrogen-bond donors (Lipinski definition) is 1. The topological polar surface area (TPSA) is 20.2 Å². The molecule has 2 aromatic carbocycles. The smallest absolute Gasteiger partial charge is 0.0471 e. The average Bonchev–Trinajstić information content (AvgIpc) is 2.30. The Hall–Kier alpha value is -1.31. The van der Waals surface area contributed by atoms with Crippen LogP contribution in [0.5, 0.6) is 0 Å². The molecular formula is C14H13ClO. The summed E-state index contributed by atoms with van der Waals surface area (Å²) in [5.41, 5.74) is 3.38. The fourth-order valence-electron chi connectivity index (χ4n) is 1.80. The van der Waals surface area contributed by atoms with Crippen molar-refractivity contribution in [1.82, 2.24) is 0 Å². The van der Waals surface area contributed by atoms with Gasteiger partial charge in [0.1, 0.15) is 0 Å². The summed E-state index contributed by atoms with van der Waals surface area (Å²) in [4.78, 5) is 0. The van der Waals surface area contributed by atoms with Crippen molar-refractivity contribution in [2.75, 3.05) is 6.61 Å². The van der Waals surface area contributed by atoms with Crippen LogP contribution < -0.4 is 0 Å². The molecule has 0 aromatic heterocycles. The molecule has 82 valence electrons. The third-order valence-electron chi connectivity index (χ3n) is 2.53. The number of halogens is 1. The molecule has 16 heavy (non-hydrogen) atoms. The lowest BCUT2D eigenvalue weighted by atomic mass is 9.98. The molecule has 0 unspecified atom stereocenters. The van der Waals surface area contributed by atoms with Crippen LogP contribution in [-0.2, 0) is 6.42 Å². The van der Waals surface area contributed by atoms with Crippen molar-refractivity contribution in [3.63, 3.8) is 0 Å². The Balaban J connectivity index is 2.46. The molecule has 0 heterocycles. The molecule has 0 aliphatic carbocycles. The Bertz CT molecular complexity index is 480. The van der Waals surface area contributed by atoms with Gasteiger partial charge in [-0.3, -0.25) is 0 Å². The highest BCUT2D eigenvalue weighted by molar-refractivity contribution is 6.30. The van der Waals surface area contributed by atoms with E-state index in [9.17, 15) is 0 Å². The number of aliphatic hydroxyl groups excluding tert-OH is 1. The fraction of sp³-hybridized carbons (Fsp3) is 0.143. The maximum absolute atomic E-state index is 9.02. The first-order valence-electron chi connectivity index (χ1n) is 5.26. The number of rotatable bonds is 3. The third-order valence-corrected chi connectivity index (χ3v) is 2.77. The highest BCUT2D eigenvalue weighted by atomic mass is 35.5. The van der Waals surface area contributed by atoms with Gasteiger partial charge in [0.15, 0.2) is 0 Å². The molecule has 1 nitrogen and oxygen atoms in total. The molecule has 0 aliphatic rings. The number of aliphatic hydroxyl groups is 1. The molecule has 0 amide bonds. The monoisotopic (exact) mass is 232 g/mol. The summed E-state index contributed by atoms with van der Waals surface area (Å²) in [5, 5.41) is 9.75. The standard InChI is InChI=1S/C14H13ClO/c15-13-6-3-5-12(10-13)14-7-2-1-4-11(14)8-9-16/h1-7,10,16H,8-9H2. The Morgan fingerprint density at radius 1 is 1.00 bits per heavy atom. The molecule has 0 saturated carbocycles. The lowest BCUT2D eigenvalue weighted by molar-refractivity contribution is 0.300. The van der Waals surface area contributed by atoms with Gasteiger partial charge < -0.3 is 5.11 Å². The van der Waals surface area contributed by atoms with Gasteiger partial charge in [-0.2, -0.15) is 0 Å². The van der Waals surface area contributed by atoms with E-state index in [0.717, 1.165) is 21.7 Å². The zero-order valence-corrected chi connectivity index (χ0v) is 9.61. The van der Waals surface area contributed by atoms with Gasteiger partial charge in [-0.25, -0.2) is 0 Å². The highest BCUT2D eigenvalue weighted by Crippen LogP contribution is 2.26. The van der Waals surface area contributed by atoms with Crippen LogP contribution in [0.25, 0.3) is 11.1 Å². The maximum atomic E-state index is 9.02. The zero-order valence-electron chi connectivity index (χ0n) is 8.86. The van der Waals surface area contributed by atoms with Crippen LogP contribution in [0.4, 0.5) is 0 Å². The van der Waals surface area contributed by atoms with Gasteiger partial charge in [0.25, 0.3) is 0 Å². The second-order valence-corrected chi connectivity index (χ2v) is 4.08. The lowest BCUT2D eigenvalue weighted by Crippen LogP contribution is -1.93. The van der Waals surface area contributed by atoms with E-state index in [4.69, 9.17) is 16.7 Å². The number of hydrogen-bond acceptors (Lipinski definition) is 1. The molecule has 0 fully saturated rings. The van der Waals surface area contributed by atoms with Gasteiger partial charge in [-0.05, 0) is 35.2 Å². The van der Waals surface area contributed by atoms with Crippen molar-refractivity contribution in [3.05, 3.63) is 59.1 Å². The summed E-state index contributed by atoms with van der Waals surface area (Å²) in [7, 11) is 0. The van der Waals surface area contributed by atoms with E-state index < -0.39 is 0 Å². The van der Waals surface area contributed by atoms with Crippen LogP contribution in [0.1, 0.15) is 5.56 Å². The van der Waals surface area contributed by atoms with Gasteiger partial charge in [0.2, 0.25) is 0 Å². The molecule has 0 spiro atoms. The Kier molecular flexibility index (Phi) is 3.60. The SMILES string of the molecule is OCCc1ccccc1-c1cccc(Cl)c1. The first kappa shape index (κ1) is 11.2. The molecule has 0 bridgehead atoms. The zero-order chi connectivity index (χ0) is 11.4. The lowest BCUT2D eigenvalue weighted by Gasteiger charge is -2.08. The van der Waals surface area contributed by atoms with Crippen molar-refractivity contribution in [1.29, 1.82) is 0 Å². The largest absolute Gasteiger partial charge is 0.396 e. The van der Waals surface area contributed by atoms with Crippen molar-refractivity contribution >= 4 is 11.6 Å². The van der Waals surface area contributed by atoms with Crippen LogP contribution in [0.3, 0.4) is 0 Å². The van der Waals surface area contributed by atoms with Crippen LogP contribution in [-0.4, -0.2) is 11.7 Å². The van der Waals surface area contributed by atoms with E-state index >= 15 is 0 Å². The van der Waals surface area contributed by atoms with E-state index in [1.807, 2.05) is 42.5 Å². The van der Waals surface area contributed by atoms with Crippen molar-refractivity contribution in [2.45, 2.75) is 6.42 Å². The summed E-state index contributed by atoms with van der Waals surface area (Å²) in [6, 6.07) is 15.8. The second kappa shape index (κ2) is 5.15. The Labute approximate surface area is 100 Å². The average molecular weight is 233 g/mol. The first-order chi connectivity index (χ1) is 7.81. The van der Waals surface area contributed by atoms with Crippen LogP contribution in [0.2, 0.25) is 5.02 Å². The molecule has 1 N–H and O–H groups in total. The quantitative estimate of drug-likeness (QED) is 0.858. The van der Waals surface area contributed by atoms with Gasteiger partial charge in [0.05, 0.1) is 0 Å². The first-order valence-corrected chi connectivity index (χ1v) is 5.64. The minimum Gasteiger partial charge on any atom is -0.396 e. The molecule has 2 heteroatoms. The molecule has 0 radical (unpaired) electrons. The second-order valence-electron chi connectivity index (χ2n) is 3.64. The van der Waals surface area contributed by atoms with Gasteiger partial charge >= 0.3 is 0 Å². The van der Waals surface area contributed by atoms with E-state index in [1.165, 1.54) is 0 Å².